The number of nitrogens with one attached hydrogen (secondary N) is 1. The van der Waals surface area contributed by atoms with Crippen molar-refractivity contribution in [1.29, 1.82) is 0 Å². The summed E-state index contributed by atoms with van der Waals surface area (Å²) >= 11 is 0. The average Bonchev–Trinajstić information content (AvgIpc) is 2.29. The van der Waals surface area contributed by atoms with Crippen molar-refractivity contribution < 1.29 is 5.11 Å². The van der Waals surface area contributed by atoms with Gasteiger partial charge in [0.25, 0.3) is 0 Å². The molecule has 0 aliphatic carbocycles. The fourth-order valence-electron chi connectivity index (χ4n) is 2.19. The van der Waals surface area contributed by atoms with Gasteiger partial charge in [0.05, 0.1) is 6.10 Å². The molecule has 0 radical (unpaired) electrons. The summed E-state index contributed by atoms with van der Waals surface area (Å²) in [5, 5.41) is 13.2. The molecule has 1 saturated heterocycles. The highest BCUT2D eigenvalue weighted by atomic mass is 16.3. The normalized spacial score (nSPS) is 25.9. The molecule has 2 N–H and O–H groups in total. The molecule has 1 aliphatic heterocycles. The van der Waals surface area contributed by atoms with Gasteiger partial charge in [-0.05, 0) is 12.0 Å². The van der Waals surface area contributed by atoms with Gasteiger partial charge in [0.1, 0.15) is 7.28 Å². The third-order valence-corrected chi connectivity index (χ3v) is 3.14. The van der Waals surface area contributed by atoms with Crippen LogP contribution in [0.3, 0.4) is 0 Å². The molecule has 80 valence electrons. The number of benzene rings is 1. The SMILES string of the molecule is O[C@H]1CCBC[C@@H]1NCc1ccccc1. The molecule has 2 rings (SSSR count). The van der Waals surface area contributed by atoms with Gasteiger partial charge in [0, 0.05) is 12.6 Å². The average molecular weight is 203 g/mol. The van der Waals surface area contributed by atoms with E-state index in [1.807, 2.05) is 18.2 Å². The third-order valence-electron chi connectivity index (χ3n) is 3.14. The lowest BCUT2D eigenvalue weighted by atomic mass is 9.61. The van der Waals surface area contributed by atoms with E-state index in [-0.39, 0.29) is 6.10 Å². The molecule has 1 aromatic carbocycles. The lowest BCUT2D eigenvalue weighted by Crippen LogP contribution is -2.42. The molecule has 0 aromatic heterocycles. The lowest BCUT2D eigenvalue weighted by molar-refractivity contribution is 0.124. The van der Waals surface area contributed by atoms with Crippen LogP contribution in [0.2, 0.25) is 12.6 Å². The van der Waals surface area contributed by atoms with E-state index in [4.69, 9.17) is 0 Å². The van der Waals surface area contributed by atoms with Crippen LogP contribution in [-0.2, 0) is 6.54 Å². The summed E-state index contributed by atoms with van der Waals surface area (Å²) in [7, 11) is 1.24. The quantitative estimate of drug-likeness (QED) is 0.723. The van der Waals surface area contributed by atoms with Gasteiger partial charge in [-0.25, -0.2) is 0 Å². The third kappa shape index (κ3) is 3.08. The Morgan fingerprint density at radius 1 is 1.33 bits per heavy atom. The van der Waals surface area contributed by atoms with Crippen molar-refractivity contribution in [3.05, 3.63) is 35.9 Å². The van der Waals surface area contributed by atoms with Crippen LogP contribution < -0.4 is 5.32 Å². The predicted octanol–water partition coefficient (Wildman–Crippen LogP) is 1.18. The zero-order valence-corrected chi connectivity index (χ0v) is 9.02. The fraction of sp³-hybridized carbons (Fsp3) is 0.500. The first kappa shape index (κ1) is 10.7. The van der Waals surface area contributed by atoms with Crippen LogP contribution in [0.25, 0.3) is 0 Å². The maximum absolute atomic E-state index is 9.78. The molecule has 0 unspecified atom stereocenters. The van der Waals surface area contributed by atoms with Crippen LogP contribution in [0, 0.1) is 0 Å². The van der Waals surface area contributed by atoms with Gasteiger partial charge in [0.2, 0.25) is 0 Å². The smallest absolute Gasteiger partial charge is 0.122 e. The minimum absolute atomic E-state index is 0.150. The summed E-state index contributed by atoms with van der Waals surface area (Å²) in [5.41, 5.74) is 1.29. The van der Waals surface area contributed by atoms with Gasteiger partial charge in [-0.15, -0.1) is 0 Å². The second-order valence-corrected chi connectivity index (χ2v) is 4.32. The first-order valence-corrected chi connectivity index (χ1v) is 5.81. The molecule has 1 fully saturated rings. The predicted molar refractivity (Wildman–Crippen MR) is 64.5 cm³/mol. The molecular weight excluding hydrogens is 185 g/mol. The summed E-state index contributed by atoms with van der Waals surface area (Å²) < 4.78 is 0. The molecule has 0 saturated carbocycles. The second-order valence-electron chi connectivity index (χ2n) is 4.32. The van der Waals surface area contributed by atoms with Crippen molar-refractivity contribution in [3.8, 4) is 0 Å². The van der Waals surface area contributed by atoms with E-state index in [1.54, 1.807) is 0 Å². The number of hydrogen-bond donors (Lipinski definition) is 2. The van der Waals surface area contributed by atoms with Gasteiger partial charge in [-0.3, -0.25) is 0 Å². The minimum atomic E-state index is -0.150. The summed E-state index contributed by atoms with van der Waals surface area (Å²) in [4.78, 5) is 0. The summed E-state index contributed by atoms with van der Waals surface area (Å²) in [6, 6.07) is 10.6. The molecule has 2 nitrogen and oxygen atoms in total. The Hall–Kier alpha value is -0.795. The van der Waals surface area contributed by atoms with E-state index in [1.165, 1.54) is 19.2 Å². The summed E-state index contributed by atoms with van der Waals surface area (Å²) in [6.45, 7) is 0.864. The molecule has 2 atom stereocenters. The standard InChI is InChI=1S/C12H18BNO/c15-12-6-7-13-8-11(12)14-9-10-4-2-1-3-5-10/h1-5,11-15H,6-9H2/t11-,12-/m0/s1. The van der Waals surface area contributed by atoms with E-state index < -0.39 is 0 Å². The lowest BCUT2D eigenvalue weighted by Gasteiger charge is -2.28. The van der Waals surface area contributed by atoms with Crippen LogP contribution in [0.4, 0.5) is 0 Å². The van der Waals surface area contributed by atoms with Crippen molar-refractivity contribution in [2.75, 3.05) is 0 Å². The maximum Gasteiger partial charge on any atom is 0.122 e. The number of aliphatic hydroxyl groups is 1. The van der Waals surface area contributed by atoms with Crippen molar-refractivity contribution in [1.82, 2.24) is 5.32 Å². The van der Waals surface area contributed by atoms with E-state index in [2.05, 4.69) is 17.4 Å². The van der Waals surface area contributed by atoms with Crippen molar-refractivity contribution in [2.24, 2.45) is 0 Å². The molecule has 1 heterocycles. The van der Waals surface area contributed by atoms with Crippen molar-refractivity contribution in [3.63, 3.8) is 0 Å². The Balaban J connectivity index is 1.82. The Morgan fingerprint density at radius 2 is 2.13 bits per heavy atom. The monoisotopic (exact) mass is 203 g/mol. The van der Waals surface area contributed by atoms with Crippen molar-refractivity contribution in [2.45, 2.75) is 37.8 Å². The van der Waals surface area contributed by atoms with Gasteiger partial charge in [-0.1, -0.05) is 43.0 Å². The Morgan fingerprint density at radius 3 is 2.87 bits per heavy atom. The van der Waals surface area contributed by atoms with Crippen LogP contribution in [0.1, 0.15) is 12.0 Å². The van der Waals surface area contributed by atoms with Crippen LogP contribution >= 0.6 is 0 Å². The highest BCUT2D eigenvalue weighted by Gasteiger charge is 2.22. The van der Waals surface area contributed by atoms with E-state index in [0.717, 1.165) is 19.3 Å². The summed E-state index contributed by atoms with van der Waals surface area (Å²) in [6.07, 6.45) is 3.08. The molecule has 15 heavy (non-hydrogen) atoms. The van der Waals surface area contributed by atoms with E-state index in [9.17, 15) is 5.11 Å². The van der Waals surface area contributed by atoms with Crippen LogP contribution in [-0.4, -0.2) is 24.5 Å². The molecular formula is C12H18BNO. The van der Waals surface area contributed by atoms with Gasteiger partial charge < -0.3 is 10.4 Å². The number of hydrogen-bond acceptors (Lipinski definition) is 2. The largest absolute Gasteiger partial charge is 0.392 e. The number of rotatable bonds is 3. The van der Waals surface area contributed by atoms with Crippen LogP contribution in [0.5, 0.6) is 0 Å². The zero-order valence-electron chi connectivity index (χ0n) is 9.02. The van der Waals surface area contributed by atoms with Gasteiger partial charge in [0.15, 0.2) is 0 Å². The molecule has 3 heteroatoms. The van der Waals surface area contributed by atoms with Crippen LogP contribution in [0.15, 0.2) is 30.3 Å². The van der Waals surface area contributed by atoms with Crippen molar-refractivity contribution >= 4 is 7.28 Å². The molecule has 1 aliphatic rings. The van der Waals surface area contributed by atoms with Gasteiger partial charge in [-0.2, -0.15) is 0 Å². The topological polar surface area (TPSA) is 32.3 Å². The Kier molecular flexibility index (Phi) is 3.81. The maximum atomic E-state index is 9.78. The highest BCUT2D eigenvalue weighted by Crippen LogP contribution is 2.14. The summed E-state index contributed by atoms with van der Waals surface area (Å²) in [5.74, 6) is 0. The van der Waals surface area contributed by atoms with E-state index in [0.29, 0.717) is 6.04 Å². The van der Waals surface area contributed by atoms with E-state index >= 15 is 0 Å². The Bertz CT molecular complexity index is 291. The zero-order chi connectivity index (χ0) is 10.5. The first-order valence-electron chi connectivity index (χ1n) is 5.81. The Labute approximate surface area is 91.9 Å². The minimum Gasteiger partial charge on any atom is -0.392 e. The molecule has 0 bridgehead atoms. The molecule has 0 amide bonds. The first-order chi connectivity index (χ1) is 7.36. The fourth-order valence-corrected chi connectivity index (χ4v) is 2.19. The van der Waals surface area contributed by atoms with Gasteiger partial charge >= 0.3 is 0 Å². The highest BCUT2D eigenvalue weighted by molar-refractivity contribution is 6.36. The number of aliphatic hydroxyl groups excluding tert-OH is 1. The second kappa shape index (κ2) is 5.33. The molecule has 1 aromatic rings. The molecule has 0 spiro atoms.